The maximum absolute atomic E-state index is 13.0. The quantitative estimate of drug-likeness (QED) is 0.835. The first-order chi connectivity index (χ1) is 11.5. The smallest absolute Gasteiger partial charge is 0.293 e. The molecule has 1 saturated heterocycles. The maximum Gasteiger partial charge on any atom is 0.293 e. The molecule has 2 aliphatic heterocycles. The average molecular weight is 345 g/mol. The molecule has 2 fully saturated rings. The van der Waals surface area contributed by atoms with Crippen LogP contribution in [0.15, 0.2) is 24.3 Å². The Labute approximate surface area is 141 Å². The van der Waals surface area contributed by atoms with E-state index in [2.05, 4.69) is 10.2 Å². The van der Waals surface area contributed by atoms with Gasteiger partial charge in [0.25, 0.3) is 6.17 Å². The third-order valence-electron chi connectivity index (χ3n) is 5.61. The van der Waals surface area contributed by atoms with E-state index < -0.39 is 26.9 Å². The van der Waals surface area contributed by atoms with Crippen molar-refractivity contribution in [2.24, 2.45) is 0 Å². The van der Waals surface area contributed by atoms with Gasteiger partial charge in [0.05, 0.1) is 17.1 Å². The predicted octanol–water partition coefficient (Wildman–Crippen LogP) is 2.10. The second kappa shape index (κ2) is 5.30. The molecule has 0 aromatic heterocycles. The Morgan fingerprint density at radius 1 is 1.25 bits per heavy atom. The van der Waals surface area contributed by atoms with Crippen LogP contribution in [0.5, 0.6) is 0 Å². The van der Waals surface area contributed by atoms with Crippen molar-refractivity contribution in [3.63, 3.8) is 0 Å². The van der Waals surface area contributed by atoms with Crippen molar-refractivity contribution in [1.82, 2.24) is 4.31 Å². The number of carbonyl (C=O) groups is 1. The Kier molecular flexibility index (Phi) is 3.44. The van der Waals surface area contributed by atoms with Crippen LogP contribution in [-0.2, 0) is 20.2 Å². The van der Waals surface area contributed by atoms with E-state index in [-0.39, 0.29) is 18.9 Å². The van der Waals surface area contributed by atoms with Crippen molar-refractivity contribution < 1.29 is 13.2 Å². The van der Waals surface area contributed by atoms with Gasteiger partial charge in [-0.1, -0.05) is 31.0 Å². The number of nitrogens with zero attached hydrogens (tertiary/aromatic N) is 2. The Balaban J connectivity index is 1.75. The molecule has 7 heteroatoms. The zero-order chi connectivity index (χ0) is 16.9. The summed E-state index contributed by atoms with van der Waals surface area (Å²) in [7, 11) is -3.55. The molecule has 1 aromatic rings. The lowest BCUT2D eigenvalue weighted by Crippen LogP contribution is -2.43. The fourth-order valence-electron chi connectivity index (χ4n) is 4.33. The number of nitrogens with one attached hydrogen (secondary N) is 1. The lowest BCUT2D eigenvalue weighted by Gasteiger charge is -2.23. The molecule has 1 aromatic carbocycles. The normalized spacial score (nSPS) is 30.5. The van der Waals surface area contributed by atoms with Gasteiger partial charge in [0.1, 0.15) is 0 Å². The monoisotopic (exact) mass is 345 g/mol. The van der Waals surface area contributed by atoms with Crippen LogP contribution in [-0.4, -0.2) is 36.6 Å². The maximum atomic E-state index is 13.0. The number of amides is 1. The Morgan fingerprint density at radius 2 is 1.96 bits per heavy atom. The van der Waals surface area contributed by atoms with Crippen LogP contribution in [0.25, 0.3) is 4.85 Å². The van der Waals surface area contributed by atoms with E-state index in [4.69, 9.17) is 6.57 Å². The number of sulfonamides is 1. The van der Waals surface area contributed by atoms with Crippen LogP contribution in [0.1, 0.15) is 37.7 Å². The van der Waals surface area contributed by atoms with Gasteiger partial charge < -0.3 is 5.32 Å². The van der Waals surface area contributed by atoms with Gasteiger partial charge in [-0.05, 0) is 24.5 Å². The molecule has 1 aliphatic carbocycles. The highest BCUT2D eigenvalue weighted by molar-refractivity contribution is 7.89. The molecule has 0 unspecified atom stereocenters. The van der Waals surface area contributed by atoms with E-state index in [9.17, 15) is 13.2 Å². The minimum atomic E-state index is -3.55. The van der Waals surface area contributed by atoms with E-state index in [1.54, 1.807) is 0 Å². The largest absolute Gasteiger partial charge is 0.325 e. The molecule has 1 amide bonds. The molecule has 2 atom stereocenters. The summed E-state index contributed by atoms with van der Waals surface area (Å²) in [6.07, 6.45) is 2.56. The number of para-hydroxylation sites is 1. The van der Waals surface area contributed by atoms with Crippen molar-refractivity contribution >= 4 is 21.6 Å². The highest BCUT2D eigenvalue weighted by Gasteiger charge is 2.60. The molecule has 1 spiro atoms. The first kappa shape index (κ1) is 15.6. The fourth-order valence-corrected chi connectivity index (χ4v) is 6.50. The van der Waals surface area contributed by atoms with Crippen LogP contribution in [0, 0.1) is 6.57 Å². The fraction of sp³-hybridized carbons (Fsp3) is 0.529. The molecule has 1 saturated carbocycles. The number of rotatable bonds is 2. The van der Waals surface area contributed by atoms with Crippen molar-refractivity contribution in [2.45, 2.75) is 48.9 Å². The molecule has 4 rings (SSSR count). The lowest BCUT2D eigenvalue weighted by molar-refractivity contribution is -0.120. The summed E-state index contributed by atoms with van der Waals surface area (Å²) in [6, 6.07) is 7.37. The number of hydrogen-bond acceptors (Lipinski definition) is 3. The van der Waals surface area contributed by atoms with Gasteiger partial charge in [0.2, 0.25) is 15.9 Å². The van der Waals surface area contributed by atoms with Crippen LogP contribution in [0.3, 0.4) is 0 Å². The molecule has 6 nitrogen and oxygen atoms in total. The second-order valence-corrected chi connectivity index (χ2v) is 9.06. The first-order valence-corrected chi connectivity index (χ1v) is 9.77. The van der Waals surface area contributed by atoms with Gasteiger partial charge in [-0.3, -0.25) is 9.64 Å². The molecule has 0 radical (unpaired) electrons. The number of carbonyl (C=O) groups excluding carboxylic acids is 1. The molecule has 126 valence electrons. The number of fused-ring (bicyclic) bond motifs is 2. The molecular formula is C17H19N3O3S. The SMILES string of the molecule is [C-]#[N+][C@@H]1C[C@@]2(CN1S(=O)(=O)C1CCCC1)C(=O)Nc1ccccc12. The van der Waals surface area contributed by atoms with E-state index in [1.807, 2.05) is 24.3 Å². The number of benzene rings is 1. The zero-order valence-corrected chi connectivity index (χ0v) is 14.1. The Morgan fingerprint density at radius 3 is 2.67 bits per heavy atom. The van der Waals surface area contributed by atoms with Crippen LogP contribution < -0.4 is 5.32 Å². The molecule has 0 bridgehead atoms. The lowest BCUT2D eigenvalue weighted by atomic mass is 9.80. The van der Waals surface area contributed by atoms with E-state index in [0.717, 1.165) is 24.1 Å². The third kappa shape index (κ3) is 2.03. The predicted molar refractivity (Wildman–Crippen MR) is 89.6 cm³/mol. The van der Waals surface area contributed by atoms with Crippen molar-refractivity contribution in [2.75, 3.05) is 11.9 Å². The minimum absolute atomic E-state index is 0.0712. The molecule has 2 heterocycles. The highest BCUT2D eigenvalue weighted by atomic mass is 32.2. The third-order valence-corrected chi connectivity index (χ3v) is 7.95. The summed E-state index contributed by atoms with van der Waals surface area (Å²) >= 11 is 0. The molecule has 24 heavy (non-hydrogen) atoms. The summed E-state index contributed by atoms with van der Waals surface area (Å²) in [5.41, 5.74) is 0.608. The second-order valence-electron chi connectivity index (χ2n) is 6.89. The van der Waals surface area contributed by atoms with Gasteiger partial charge in [-0.15, -0.1) is 4.31 Å². The first-order valence-electron chi connectivity index (χ1n) is 8.27. The van der Waals surface area contributed by atoms with Crippen molar-refractivity contribution in [3.05, 3.63) is 41.2 Å². The topological polar surface area (TPSA) is 70.8 Å². The van der Waals surface area contributed by atoms with E-state index >= 15 is 0 Å². The summed E-state index contributed by atoms with van der Waals surface area (Å²) in [5.74, 6) is -0.193. The van der Waals surface area contributed by atoms with Gasteiger partial charge in [-0.25, -0.2) is 15.0 Å². The number of anilines is 1. The molecular weight excluding hydrogens is 326 g/mol. The summed E-state index contributed by atoms with van der Waals surface area (Å²) in [5, 5.41) is 2.45. The zero-order valence-electron chi connectivity index (χ0n) is 13.2. The van der Waals surface area contributed by atoms with E-state index in [0.29, 0.717) is 12.8 Å². The number of hydrogen-bond donors (Lipinski definition) is 1. The Hall–Kier alpha value is -1.91. The van der Waals surface area contributed by atoms with Crippen molar-refractivity contribution in [1.29, 1.82) is 0 Å². The Bertz CT molecular complexity index is 839. The summed E-state index contributed by atoms with van der Waals surface area (Å²) < 4.78 is 27.3. The summed E-state index contributed by atoms with van der Waals surface area (Å²) in [6.45, 7) is 7.54. The standard InChI is InChI=1S/C17H19N3O3S/c1-18-15-10-17(13-8-4-5-9-14(13)19-16(17)21)11-20(15)24(22,23)12-6-2-3-7-12/h4-5,8-9,12,15H,2-3,6-7,10-11H2,(H,19,21)/t15-,17-/m0/s1. The average Bonchev–Trinajstić information content (AvgIpc) is 3.28. The van der Waals surface area contributed by atoms with Crippen LogP contribution >= 0.6 is 0 Å². The molecule has 1 N–H and O–H groups in total. The van der Waals surface area contributed by atoms with Crippen LogP contribution in [0.2, 0.25) is 0 Å². The van der Waals surface area contributed by atoms with Crippen LogP contribution in [0.4, 0.5) is 5.69 Å². The van der Waals surface area contributed by atoms with Gasteiger partial charge in [0.15, 0.2) is 0 Å². The minimum Gasteiger partial charge on any atom is -0.325 e. The highest BCUT2D eigenvalue weighted by Crippen LogP contribution is 2.48. The van der Waals surface area contributed by atoms with Gasteiger partial charge >= 0.3 is 0 Å². The van der Waals surface area contributed by atoms with Gasteiger partial charge in [-0.2, -0.15) is 0 Å². The van der Waals surface area contributed by atoms with Crippen molar-refractivity contribution in [3.8, 4) is 0 Å². The van der Waals surface area contributed by atoms with Gasteiger partial charge in [0, 0.05) is 12.2 Å². The van der Waals surface area contributed by atoms with E-state index in [1.165, 1.54) is 4.31 Å². The molecule has 3 aliphatic rings. The summed E-state index contributed by atoms with van der Waals surface area (Å²) in [4.78, 5) is 16.2.